The Morgan fingerprint density at radius 3 is 2.62 bits per heavy atom. The summed E-state index contributed by atoms with van der Waals surface area (Å²) in [6.07, 6.45) is 2.92. The zero-order valence-corrected chi connectivity index (χ0v) is 15.8. The number of ether oxygens (including phenoxy) is 1. The third-order valence-corrected chi connectivity index (χ3v) is 4.97. The Kier molecular flexibility index (Phi) is 5.74. The first-order chi connectivity index (χ1) is 11.7. The first-order valence-corrected chi connectivity index (χ1v) is 9.22. The first kappa shape index (κ1) is 17.2. The minimum Gasteiger partial charge on any atom is -0.438 e. The van der Waals surface area contributed by atoms with Crippen molar-refractivity contribution in [2.24, 2.45) is 4.99 Å². The maximum absolute atomic E-state index is 5.93. The van der Waals surface area contributed by atoms with Crippen LogP contribution in [-0.4, -0.2) is 32.5 Å². The molecule has 24 heavy (non-hydrogen) atoms. The largest absolute Gasteiger partial charge is 0.438 e. The molecule has 1 aromatic heterocycles. The first-order valence-electron chi connectivity index (χ1n) is 8.43. The van der Waals surface area contributed by atoms with E-state index in [9.17, 15) is 0 Å². The van der Waals surface area contributed by atoms with Crippen molar-refractivity contribution in [1.29, 1.82) is 0 Å². The van der Waals surface area contributed by atoms with Gasteiger partial charge in [0, 0.05) is 19.2 Å². The summed E-state index contributed by atoms with van der Waals surface area (Å²) < 4.78 is 12.3. The molecule has 0 unspecified atom stereocenters. The number of morpholine rings is 1. The highest BCUT2D eigenvalue weighted by molar-refractivity contribution is 9.10. The van der Waals surface area contributed by atoms with Gasteiger partial charge in [0.05, 0.1) is 29.6 Å². The van der Waals surface area contributed by atoms with Gasteiger partial charge in [-0.25, -0.2) is 0 Å². The van der Waals surface area contributed by atoms with Gasteiger partial charge in [-0.15, -0.1) is 0 Å². The van der Waals surface area contributed by atoms with Crippen LogP contribution in [0.2, 0.25) is 0 Å². The highest BCUT2D eigenvalue weighted by Crippen LogP contribution is 2.30. The van der Waals surface area contributed by atoms with Gasteiger partial charge >= 0.3 is 0 Å². The molecule has 0 radical (unpaired) electrons. The van der Waals surface area contributed by atoms with Crippen LogP contribution in [0.4, 0.5) is 11.6 Å². The van der Waals surface area contributed by atoms with Gasteiger partial charge in [-0.3, -0.25) is 4.99 Å². The van der Waals surface area contributed by atoms with Crippen LogP contribution in [0.15, 0.2) is 44.2 Å². The smallest absolute Gasteiger partial charge is 0.210 e. The van der Waals surface area contributed by atoms with Crippen molar-refractivity contribution in [2.75, 3.05) is 31.2 Å². The summed E-state index contributed by atoms with van der Waals surface area (Å²) >= 11 is 3.57. The Morgan fingerprint density at radius 1 is 1.25 bits per heavy atom. The van der Waals surface area contributed by atoms with Crippen molar-refractivity contribution >= 4 is 33.7 Å². The van der Waals surface area contributed by atoms with Gasteiger partial charge in [0.15, 0.2) is 0 Å². The number of hydrogen-bond acceptors (Lipinski definition) is 4. The molecule has 128 valence electrons. The lowest BCUT2D eigenvalue weighted by Crippen LogP contribution is -2.36. The fourth-order valence-corrected chi connectivity index (χ4v) is 3.24. The number of nitrogens with zero attached hydrogens (tertiary/aromatic N) is 2. The van der Waals surface area contributed by atoms with Crippen LogP contribution in [0.25, 0.3) is 0 Å². The summed E-state index contributed by atoms with van der Waals surface area (Å²) in [5.41, 5.74) is 2.29. The van der Waals surface area contributed by atoms with E-state index >= 15 is 0 Å². The molecule has 1 saturated heterocycles. The van der Waals surface area contributed by atoms with Gasteiger partial charge in [-0.05, 0) is 46.0 Å². The molecule has 0 amide bonds. The second kappa shape index (κ2) is 7.99. The van der Waals surface area contributed by atoms with Crippen LogP contribution in [-0.2, 0) is 4.74 Å². The Bertz CT molecular complexity index is 688. The average molecular weight is 391 g/mol. The van der Waals surface area contributed by atoms with Crippen LogP contribution >= 0.6 is 15.9 Å². The molecule has 0 bridgehead atoms. The van der Waals surface area contributed by atoms with Crippen LogP contribution in [0, 0.1) is 0 Å². The molecule has 1 aliphatic heterocycles. The monoisotopic (exact) mass is 390 g/mol. The number of halogens is 1. The molecular formula is C19H23BrN2O2. The maximum Gasteiger partial charge on any atom is 0.210 e. The normalized spacial score (nSPS) is 16.7. The van der Waals surface area contributed by atoms with Crippen molar-refractivity contribution in [2.45, 2.75) is 26.2 Å². The van der Waals surface area contributed by atoms with Gasteiger partial charge in [-0.1, -0.05) is 26.0 Å². The lowest BCUT2D eigenvalue weighted by Gasteiger charge is -2.26. The van der Waals surface area contributed by atoms with E-state index in [1.165, 1.54) is 5.56 Å². The molecule has 0 saturated carbocycles. The predicted octanol–water partition coefficient (Wildman–Crippen LogP) is 5.14. The summed E-state index contributed by atoms with van der Waals surface area (Å²) in [6, 6.07) is 10.4. The second-order valence-corrected chi connectivity index (χ2v) is 6.91. The van der Waals surface area contributed by atoms with Crippen molar-refractivity contribution in [1.82, 2.24) is 0 Å². The number of anilines is 1. The van der Waals surface area contributed by atoms with E-state index in [-0.39, 0.29) is 0 Å². The summed E-state index contributed by atoms with van der Waals surface area (Å²) in [4.78, 5) is 6.71. The third kappa shape index (κ3) is 4.08. The molecule has 0 N–H and O–H groups in total. The van der Waals surface area contributed by atoms with Gasteiger partial charge in [-0.2, -0.15) is 0 Å². The van der Waals surface area contributed by atoms with Crippen LogP contribution < -0.4 is 4.90 Å². The molecule has 1 aliphatic rings. The summed E-state index contributed by atoms with van der Waals surface area (Å²) in [5, 5.41) is 0. The van der Waals surface area contributed by atoms with Crippen LogP contribution in [0.1, 0.15) is 37.5 Å². The molecule has 0 spiro atoms. The Hall–Kier alpha value is -1.59. The van der Waals surface area contributed by atoms with E-state index in [4.69, 9.17) is 9.15 Å². The van der Waals surface area contributed by atoms with E-state index < -0.39 is 0 Å². The van der Waals surface area contributed by atoms with E-state index in [1.54, 1.807) is 6.21 Å². The quantitative estimate of drug-likeness (QED) is 0.663. The average Bonchev–Trinajstić information content (AvgIpc) is 3.01. The fraction of sp³-hybridized carbons (Fsp3) is 0.421. The van der Waals surface area contributed by atoms with Gasteiger partial charge < -0.3 is 14.1 Å². The lowest BCUT2D eigenvalue weighted by molar-refractivity contribution is 0.120. The highest BCUT2D eigenvalue weighted by Gasteiger charge is 2.18. The summed E-state index contributed by atoms with van der Waals surface area (Å²) in [6.45, 7) is 7.61. The third-order valence-electron chi connectivity index (χ3n) is 4.40. The molecule has 1 atom stereocenters. The fourth-order valence-electron chi connectivity index (χ4n) is 2.68. The molecule has 3 rings (SSSR count). The van der Waals surface area contributed by atoms with Gasteiger partial charge in [0.2, 0.25) is 5.88 Å². The Labute approximate surface area is 151 Å². The molecular weight excluding hydrogens is 368 g/mol. The van der Waals surface area contributed by atoms with Gasteiger partial charge in [0.1, 0.15) is 5.76 Å². The van der Waals surface area contributed by atoms with Crippen LogP contribution in [0.5, 0.6) is 0 Å². The van der Waals surface area contributed by atoms with Crippen molar-refractivity contribution in [3.8, 4) is 0 Å². The predicted molar refractivity (Wildman–Crippen MR) is 102 cm³/mol. The van der Waals surface area contributed by atoms with E-state index in [0.29, 0.717) is 5.92 Å². The van der Waals surface area contributed by atoms with Gasteiger partial charge in [0.25, 0.3) is 0 Å². The molecule has 1 aromatic carbocycles. The summed E-state index contributed by atoms with van der Waals surface area (Å²) in [7, 11) is 0. The zero-order valence-electron chi connectivity index (χ0n) is 14.2. The van der Waals surface area contributed by atoms with E-state index in [2.05, 4.69) is 63.9 Å². The van der Waals surface area contributed by atoms with E-state index in [0.717, 1.165) is 54.5 Å². The Morgan fingerprint density at radius 2 is 1.96 bits per heavy atom. The molecule has 0 aliphatic carbocycles. The van der Waals surface area contributed by atoms with Crippen molar-refractivity contribution in [3.63, 3.8) is 0 Å². The minimum atomic E-state index is 0.583. The standard InChI is InChI=1S/C19H23BrN2O2/c1-3-14(2)15-4-6-16(7-5-15)21-13-17-12-18(20)19(24-17)22-8-10-23-11-9-22/h4-7,12-14H,3,8-11H2,1-2H3/t14-/m0/s1. The van der Waals surface area contributed by atoms with Crippen LogP contribution in [0.3, 0.4) is 0 Å². The topological polar surface area (TPSA) is 38.0 Å². The minimum absolute atomic E-state index is 0.583. The number of furan rings is 1. The Balaban J connectivity index is 1.70. The number of aliphatic imine (C=N–C) groups is 1. The molecule has 2 aromatic rings. The van der Waals surface area contributed by atoms with E-state index in [1.807, 2.05) is 6.07 Å². The molecule has 2 heterocycles. The van der Waals surface area contributed by atoms with Crippen molar-refractivity contribution in [3.05, 3.63) is 46.1 Å². The molecule has 1 fully saturated rings. The number of rotatable bonds is 5. The second-order valence-electron chi connectivity index (χ2n) is 6.06. The lowest BCUT2D eigenvalue weighted by atomic mass is 9.99. The van der Waals surface area contributed by atoms with Crippen molar-refractivity contribution < 1.29 is 9.15 Å². The number of hydrogen-bond donors (Lipinski definition) is 0. The maximum atomic E-state index is 5.93. The molecule has 4 nitrogen and oxygen atoms in total. The zero-order chi connectivity index (χ0) is 16.9. The SMILES string of the molecule is CC[C@H](C)c1ccc(N=Cc2cc(Br)c(N3CCOCC3)o2)cc1. The highest BCUT2D eigenvalue weighted by atomic mass is 79.9. The summed E-state index contributed by atoms with van der Waals surface area (Å²) in [5.74, 6) is 2.18. The molecule has 5 heteroatoms. The number of benzene rings is 1.